The summed E-state index contributed by atoms with van der Waals surface area (Å²) in [7, 11) is 0. The lowest BCUT2D eigenvalue weighted by atomic mass is 9.82. The summed E-state index contributed by atoms with van der Waals surface area (Å²) in [5.41, 5.74) is 1.19. The molecule has 296 valence electrons. The molecule has 0 saturated heterocycles. The Bertz CT molecular complexity index is 2670. The number of imide groups is 2. The molecule has 2 aliphatic heterocycles. The van der Waals surface area contributed by atoms with Crippen LogP contribution in [-0.2, 0) is 9.53 Å². The maximum absolute atomic E-state index is 14.2. The zero-order valence-corrected chi connectivity index (χ0v) is 36.5. The maximum Gasteiger partial charge on any atom is 0.408 e. The molecule has 0 aliphatic carbocycles. The van der Waals surface area contributed by atoms with E-state index < -0.39 is 35.5 Å². The summed E-state index contributed by atoms with van der Waals surface area (Å²) < 4.78 is 6.37. The third-order valence-corrected chi connectivity index (χ3v) is 12.6. The van der Waals surface area contributed by atoms with E-state index in [9.17, 15) is 33.9 Å². The minimum absolute atomic E-state index is 0.0468. The van der Waals surface area contributed by atoms with Crippen molar-refractivity contribution in [2.75, 3.05) is 13.1 Å². The molecule has 0 spiro atoms. The molecule has 0 radical (unpaired) electrons. The molecule has 12 nitrogen and oxygen atoms in total. The number of halogens is 2. The Balaban J connectivity index is 1.11. The quantitative estimate of drug-likeness (QED) is 0.0563. The van der Waals surface area contributed by atoms with Crippen LogP contribution < -0.4 is 10.6 Å². The van der Waals surface area contributed by atoms with E-state index in [0.717, 1.165) is 37.2 Å². The number of nitrogens with one attached hydrogen (secondary N) is 2. The van der Waals surface area contributed by atoms with Gasteiger partial charge in [0.25, 0.3) is 23.6 Å². The normalized spacial score (nSPS) is 14.8. The Labute approximate surface area is 360 Å². The number of phenols is 1. The van der Waals surface area contributed by atoms with Gasteiger partial charge in [0.15, 0.2) is 0 Å². The highest BCUT2D eigenvalue weighted by Crippen LogP contribution is 2.46. The van der Waals surface area contributed by atoms with Gasteiger partial charge in [0.1, 0.15) is 17.4 Å². The lowest BCUT2D eigenvalue weighted by Gasteiger charge is -2.33. The smallest absolute Gasteiger partial charge is 0.408 e. The molecule has 14 heteroatoms. The van der Waals surface area contributed by atoms with Crippen LogP contribution in [0.4, 0.5) is 4.79 Å². The summed E-state index contributed by atoms with van der Waals surface area (Å²) in [5.74, 6) is -2.21. The number of carbonyl (C=O) groups excluding carboxylic acids is 6. The number of alkyl carbamates (subject to hydrolysis) is 1. The number of carbonyl (C=O) groups is 6. The Morgan fingerprint density at radius 2 is 1.14 bits per heavy atom. The fourth-order valence-electron chi connectivity index (χ4n) is 8.40. The van der Waals surface area contributed by atoms with Crippen LogP contribution in [-0.4, -0.2) is 75.3 Å². The molecule has 58 heavy (non-hydrogen) atoms. The first-order valence-electron chi connectivity index (χ1n) is 19.0. The molecule has 3 N–H and O–H groups in total. The largest absolute Gasteiger partial charge is 0.506 e. The first-order chi connectivity index (χ1) is 27.6. The zero-order chi connectivity index (χ0) is 41.5. The van der Waals surface area contributed by atoms with Crippen molar-refractivity contribution in [3.8, 4) is 5.75 Å². The molecule has 2 heterocycles. The van der Waals surface area contributed by atoms with Gasteiger partial charge in [-0.05, 0) is 153 Å². The Hall–Kier alpha value is -5.10. The number of aromatic hydroxyl groups is 1. The van der Waals surface area contributed by atoms with E-state index in [1.54, 1.807) is 57.2 Å². The van der Waals surface area contributed by atoms with E-state index >= 15 is 0 Å². The van der Waals surface area contributed by atoms with E-state index in [-0.39, 0.29) is 36.7 Å². The minimum Gasteiger partial charge on any atom is -0.506 e. The van der Waals surface area contributed by atoms with Crippen molar-refractivity contribution in [2.45, 2.75) is 65.1 Å². The lowest BCUT2D eigenvalue weighted by Crippen LogP contribution is -2.47. The van der Waals surface area contributed by atoms with Crippen LogP contribution in [0, 0.1) is 7.14 Å². The van der Waals surface area contributed by atoms with Crippen molar-refractivity contribution in [3.63, 3.8) is 0 Å². The van der Waals surface area contributed by atoms with Crippen LogP contribution in [0.2, 0.25) is 0 Å². The second kappa shape index (κ2) is 14.6. The summed E-state index contributed by atoms with van der Waals surface area (Å²) in [6.07, 6.45) is 0.484. The van der Waals surface area contributed by atoms with Gasteiger partial charge in [0, 0.05) is 52.2 Å². The van der Waals surface area contributed by atoms with Gasteiger partial charge in [0.2, 0.25) is 5.91 Å². The Kier molecular flexibility index (Phi) is 10.0. The highest BCUT2D eigenvalue weighted by Gasteiger charge is 2.39. The Morgan fingerprint density at radius 3 is 1.55 bits per heavy atom. The van der Waals surface area contributed by atoms with Crippen LogP contribution in [0.15, 0.2) is 60.7 Å². The highest BCUT2D eigenvalue weighted by atomic mass is 127. The summed E-state index contributed by atoms with van der Waals surface area (Å²) in [4.78, 5) is 85.1. The number of rotatable bonds is 9. The highest BCUT2D eigenvalue weighted by molar-refractivity contribution is 14.1. The third-order valence-electron chi connectivity index (χ3n) is 11.0. The van der Waals surface area contributed by atoms with Gasteiger partial charge in [-0.2, -0.15) is 0 Å². The van der Waals surface area contributed by atoms with Gasteiger partial charge in [0.05, 0.1) is 7.14 Å². The molecule has 0 bridgehead atoms. The number of nitrogens with zero attached hydrogens (tertiary/aromatic N) is 2. The number of fused-ring (bicyclic) bond motifs is 2. The standard InChI is InChI=1S/C44H38I2N4O8/c1-6-21(7-2)50-41(55)28-14-10-24-22-8-12-26-34-27(13-9-23(32(22)34)25-11-15-29(42(50)56)35(28)33(24)25)40(54)49(39(26)53)17-16-47-38(52)36(48-43(57)58-44(3,4)5)20-18-30(45)37(51)31(46)19-20/h8-15,18-19,21,36,51H,6-7,16-17H2,1-5H3,(H,47,52)(H,48,57)/t36-/m1/s1. The maximum atomic E-state index is 14.2. The molecule has 6 amide bonds. The fourth-order valence-corrected chi connectivity index (χ4v) is 10.2. The predicted molar refractivity (Wildman–Crippen MR) is 237 cm³/mol. The van der Waals surface area contributed by atoms with E-state index in [2.05, 4.69) is 10.6 Å². The van der Waals surface area contributed by atoms with Gasteiger partial charge in [-0.1, -0.05) is 38.1 Å². The van der Waals surface area contributed by atoms with Crippen molar-refractivity contribution in [3.05, 3.63) is 95.6 Å². The summed E-state index contributed by atoms with van der Waals surface area (Å²) >= 11 is 3.88. The molecular formula is C44H38I2N4O8. The molecule has 1 atom stereocenters. The van der Waals surface area contributed by atoms with Gasteiger partial charge in [-0.15, -0.1) is 0 Å². The van der Waals surface area contributed by atoms with Crippen molar-refractivity contribution in [1.29, 1.82) is 0 Å². The van der Waals surface area contributed by atoms with Crippen LogP contribution in [0.1, 0.15) is 100 Å². The molecule has 0 saturated carbocycles. The second-order valence-electron chi connectivity index (χ2n) is 15.6. The second-order valence-corrected chi connectivity index (χ2v) is 17.9. The van der Waals surface area contributed by atoms with Crippen LogP contribution in [0.5, 0.6) is 5.75 Å². The lowest BCUT2D eigenvalue weighted by molar-refractivity contribution is -0.123. The van der Waals surface area contributed by atoms with E-state index in [1.165, 1.54) is 4.90 Å². The first kappa shape index (κ1) is 39.7. The molecule has 6 aromatic rings. The molecule has 0 unspecified atom stereocenters. The predicted octanol–water partition coefficient (Wildman–Crippen LogP) is 8.41. The van der Waals surface area contributed by atoms with Crippen LogP contribution in [0.25, 0.3) is 43.1 Å². The van der Waals surface area contributed by atoms with E-state index in [1.807, 2.05) is 83.3 Å². The summed E-state index contributed by atoms with van der Waals surface area (Å²) in [5, 5.41) is 21.6. The molecule has 0 fully saturated rings. The van der Waals surface area contributed by atoms with Crippen molar-refractivity contribution < 1.29 is 38.6 Å². The fraction of sp³-hybridized carbons (Fsp3) is 0.273. The average Bonchev–Trinajstić information content (AvgIpc) is 3.18. The number of hydrogen-bond donors (Lipinski definition) is 3. The SMILES string of the molecule is CCC(CC)N1C(=O)c2ccc3c4ccc5c6c(ccc(c7ccc(c2c37)C1=O)c64)C(=O)N(CCNC(=O)[C@H](NC(=O)OC(C)(C)C)c1cc(I)c(O)c(I)c1)C5=O. The third kappa shape index (κ3) is 6.29. The Morgan fingerprint density at radius 1 is 0.707 bits per heavy atom. The van der Waals surface area contributed by atoms with Gasteiger partial charge in [-0.25, -0.2) is 4.79 Å². The van der Waals surface area contributed by atoms with Gasteiger partial charge in [-0.3, -0.25) is 33.8 Å². The number of benzene rings is 6. The molecule has 8 rings (SSSR count). The van der Waals surface area contributed by atoms with Crippen LogP contribution in [0.3, 0.4) is 0 Å². The van der Waals surface area contributed by atoms with Gasteiger partial charge < -0.3 is 20.5 Å². The number of ether oxygens (including phenoxy) is 1. The molecule has 6 aromatic carbocycles. The van der Waals surface area contributed by atoms with Gasteiger partial charge >= 0.3 is 6.09 Å². The average molecular weight is 1000 g/mol. The molecule has 0 aromatic heterocycles. The number of amides is 6. The monoisotopic (exact) mass is 1000 g/mol. The van der Waals surface area contributed by atoms with Crippen molar-refractivity contribution in [2.24, 2.45) is 0 Å². The van der Waals surface area contributed by atoms with Crippen molar-refractivity contribution >= 4 is 124 Å². The first-order valence-corrected chi connectivity index (χ1v) is 21.1. The van der Waals surface area contributed by atoms with Crippen molar-refractivity contribution in [1.82, 2.24) is 20.4 Å². The topological polar surface area (TPSA) is 162 Å². The number of phenolic OH excluding ortho intramolecular Hbond substituents is 1. The minimum atomic E-state index is -1.21. The van der Waals surface area contributed by atoms with E-state index in [0.29, 0.717) is 58.6 Å². The van der Waals surface area contributed by atoms with E-state index in [4.69, 9.17) is 4.74 Å². The molecule has 2 aliphatic rings. The molecular weight excluding hydrogens is 966 g/mol. The van der Waals surface area contributed by atoms with Crippen LogP contribution >= 0.6 is 45.2 Å². The number of hydrogen-bond acceptors (Lipinski definition) is 8. The zero-order valence-electron chi connectivity index (χ0n) is 32.2. The summed E-state index contributed by atoms with van der Waals surface area (Å²) in [6.45, 7) is 8.77. The summed E-state index contributed by atoms with van der Waals surface area (Å²) in [6, 6.07) is 16.2.